The molecule has 0 saturated carbocycles. The Morgan fingerprint density at radius 3 is 2.47 bits per heavy atom. The molecule has 106 valence electrons. The van der Waals surface area contributed by atoms with Crippen molar-refractivity contribution in [3.8, 4) is 0 Å². The van der Waals surface area contributed by atoms with Gasteiger partial charge in [0.1, 0.15) is 0 Å². The molecule has 0 aliphatic carbocycles. The normalized spacial score (nSPS) is 19.5. The lowest BCUT2D eigenvalue weighted by Crippen LogP contribution is -2.33. The molecule has 1 saturated heterocycles. The number of likely N-dealkylation sites (tertiary alicyclic amines) is 1. The van der Waals surface area contributed by atoms with Gasteiger partial charge in [-0.3, -0.25) is 0 Å². The van der Waals surface area contributed by atoms with Gasteiger partial charge >= 0.3 is 0 Å². The maximum Gasteiger partial charge on any atom is 0.0790 e. The second-order valence-corrected chi connectivity index (χ2v) is 6.09. The first kappa shape index (κ1) is 14.5. The molecule has 1 heterocycles. The number of aliphatic hydroxyl groups excluding tert-OH is 1. The highest BCUT2D eigenvalue weighted by Crippen LogP contribution is 2.20. The molecule has 1 N–H and O–H groups in total. The first-order valence-corrected chi connectivity index (χ1v) is 7.62. The Hall–Kier alpha value is -0.860. The van der Waals surface area contributed by atoms with Crippen LogP contribution in [0.5, 0.6) is 0 Å². The Morgan fingerprint density at radius 2 is 1.84 bits per heavy atom. The third kappa shape index (κ3) is 4.63. The summed E-state index contributed by atoms with van der Waals surface area (Å²) in [5, 5.41) is 10.2. The van der Waals surface area contributed by atoms with E-state index < -0.39 is 0 Å². The number of aryl methyl sites for hydroxylation is 1. The fourth-order valence-electron chi connectivity index (χ4n) is 2.75. The van der Waals surface area contributed by atoms with Crippen molar-refractivity contribution in [2.45, 2.75) is 45.6 Å². The zero-order chi connectivity index (χ0) is 13.7. The monoisotopic (exact) mass is 261 g/mol. The van der Waals surface area contributed by atoms with Crippen molar-refractivity contribution in [1.29, 1.82) is 0 Å². The number of hydrogen-bond donors (Lipinski definition) is 1. The van der Waals surface area contributed by atoms with Gasteiger partial charge in [-0.1, -0.05) is 36.8 Å². The van der Waals surface area contributed by atoms with E-state index in [1.165, 1.54) is 31.5 Å². The highest BCUT2D eigenvalue weighted by Gasteiger charge is 2.15. The number of nitrogens with zero attached hydrogens (tertiary/aromatic N) is 1. The summed E-state index contributed by atoms with van der Waals surface area (Å²) in [6, 6.07) is 8.24. The predicted molar refractivity (Wildman–Crippen MR) is 80.2 cm³/mol. The highest BCUT2D eigenvalue weighted by atomic mass is 16.3. The predicted octanol–water partition coefficient (Wildman–Crippen LogP) is 3.54. The molecule has 1 unspecified atom stereocenters. The lowest BCUT2D eigenvalue weighted by atomic mass is 9.98. The van der Waals surface area contributed by atoms with E-state index in [2.05, 4.69) is 30.9 Å². The van der Waals surface area contributed by atoms with Crippen molar-refractivity contribution in [2.24, 2.45) is 5.92 Å². The van der Waals surface area contributed by atoms with Crippen LogP contribution in [0.2, 0.25) is 0 Å². The van der Waals surface area contributed by atoms with Gasteiger partial charge in [-0.05, 0) is 63.7 Å². The fourth-order valence-corrected chi connectivity index (χ4v) is 2.75. The summed E-state index contributed by atoms with van der Waals surface area (Å²) in [5.74, 6) is 0.898. The van der Waals surface area contributed by atoms with Crippen molar-refractivity contribution in [1.82, 2.24) is 4.90 Å². The smallest absolute Gasteiger partial charge is 0.0790 e. The topological polar surface area (TPSA) is 23.5 Å². The molecular weight excluding hydrogens is 234 g/mol. The highest BCUT2D eigenvalue weighted by molar-refractivity contribution is 5.22. The van der Waals surface area contributed by atoms with E-state index in [1.807, 2.05) is 12.1 Å². The maximum absolute atomic E-state index is 10.2. The van der Waals surface area contributed by atoms with Gasteiger partial charge in [-0.2, -0.15) is 0 Å². The molecule has 1 atom stereocenters. The van der Waals surface area contributed by atoms with Crippen molar-refractivity contribution in [3.05, 3.63) is 35.4 Å². The molecule has 0 aromatic heterocycles. The summed E-state index contributed by atoms with van der Waals surface area (Å²) in [6.45, 7) is 8.03. The van der Waals surface area contributed by atoms with Crippen LogP contribution in [-0.4, -0.2) is 29.6 Å². The first-order chi connectivity index (χ1) is 9.15. The Morgan fingerprint density at radius 1 is 1.21 bits per heavy atom. The van der Waals surface area contributed by atoms with E-state index >= 15 is 0 Å². The minimum Gasteiger partial charge on any atom is -0.388 e. The number of hydrogen-bond acceptors (Lipinski definition) is 2. The molecule has 0 spiro atoms. The second-order valence-electron chi connectivity index (χ2n) is 6.09. The largest absolute Gasteiger partial charge is 0.388 e. The maximum atomic E-state index is 10.2. The zero-order valence-electron chi connectivity index (χ0n) is 12.3. The van der Waals surface area contributed by atoms with Crippen molar-refractivity contribution in [2.75, 3.05) is 19.6 Å². The molecular formula is C17H27NO. The van der Waals surface area contributed by atoms with Gasteiger partial charge < -0.3 is 10.0 Å². The molecule has 1 aliphatic rings. The van der Waals surface area contributed by atoms with Gasteiger partial charge in [0.25, 0.3) is 0 Å². The summed E-state index contributed by atoms with van der Waals surface area (Å²) < 4.78 is 0. The molecule has 19 heavy (non-hydrogen) atoms. The summed E-state index contributed by atoms with van der Waals surface area (Å²) >= 11 is 0. The zero-order valence-corrected chi connectivity index (χ0v) is 12.3. The minimum absolute atomic E-state index is 0.302. The van der Waals surface area contributed by atoms with Crippen LogP contribution in [0.4, 0.5) is 0 Å². The molecule has 2 rings (SSSR count). The molecule has 1 aromatic carbocycles. The van der Waals surface area contributed by atoms with Crippen LogP contribution >= 0.6 is 0 Å². The van der Waals surface area contributed by atoms with Crippen LogP contribution in [-0.2, 0) is 0 Å². The van der Waals surface area contributed by atoms with Crippen molar-refractivity contribution < 1.29 is 5.11 Å². The second kappa shape index (κ2) is 7.06. The van der Waals surface area contributed by atoms with Crippen LogP contribution in [0.3, 0.4) is 0 Å². The van der Waals surface area contributed by atoms with E-state index in [0.29, 0.717) is 0 Å². The van der Waals surface area contributed by atoms with Crippen molar-refractivity contribution >= 4 is 0 Å². The van der Waals surface area contributed by atoms with Gasteiger partial charge in [0.2, 0.25) is 0 Å². The molecule has 1 fully saturated rings. The molecule has 2 heteroatoms. The third-order valence-electron chi connectivity index (χ3n) is 4.29. The Kier molecular flexibility index (Phi) is 5.41. The van der Waals surface area contributed by atoms with Crippen LogP contribution in [0.25, 0.3) is 0 Å². The average molecular weight is 261 g/mol. The number of piperidine rings is 1. The van der Waals surface area contributed by atoms with Gasteiger partial charge in [0.15, 0.2) is 0 Å². The lowest BCUT2D eigenvalue weighted by molar-refractivity contribution is 0.144. The van der Waals surface area contributed by atoms with E-state index in [9.17, 15) is 5.11 Å². The van der Waals surface area contributed by atoms with Crippen LogP contribution in [0.1, 0.15) is 49.8 Å². The van der Waals surface area contributed by atoms with Crippen LogP contribution in [0.15, 0.2) is 24.3 Å². The van der Waals surface area contributed by atoms with E-state index in [4.69, 9.17) is 0 Å². The summed E-state index contributed by atoms with van der Waals surface area (Å²) in [4.78, 5) is 2.54. The van der Waals surface area contributed by atoms with Gasteiger partial charge in [-0.25, -0.2) is 0 Å². The minimum atomic E-state index is -0.302. The molecule has 0 amide bonds. The Labute approximate surface area is 117 Å². The lowest BCUT2D eigenvalue weighted by Gasteiger charge is -2.30. The fraction of sp³-hybridized carbons (Fsp3) is 0.647. The van der Waals surface area contributed by atoms with E-state index in [1.54, 1.807) is 0 Å². The molecule has 1 aromatic rings. The van der Waals surface area contributed by atoms with Crippen LogP contribution in [0, 0.1) is 12.8 Å². The van der Waals surface area contributed by atoms with Crippen molar-refractivity contribution in [3.63, 3.8) is 0 Å². The summed E-state index contributed by atoms with van der Waals surface area (Å²) in [6.07, 6.45) is 4.32. The van der Waals surface area contributed by atoms with E-state index in [0.717, 1.165) is 30.9 Å². The van der Waals surface area contributed by atoms with Crippen LogP contribution < -0.4 is 0 Å². The van der Waals surface area contributed by atoms with E-state index in [-0.39, 0.29) is 6.10 Å². The molecule has 2 nitrogen and oxygen atoms in total. The SMILES string of the molecule is Cc1ccc(C(O)CCCN2CCC(C)CC2)cc1. The van der Waals surface area contributed by atoms with Gasteiger partial charge in [0, 0.05) is 0 Å². The number of aliphatic hydroxyl groups is 1. The quantitative estimate of drug-likeness (QED) is 0.876. The average Bonchev–Trinajstić information content (AvgIpc) is 2.41. The van der Waals surface area contributed by atoms with Gasteiger partial charge in [0.05, 0.1) is 6.10 Å². The number of rotatable bonds is 5. The first-order valence-electron chi connectivity index (χ1n) is 7.62. The standard InChI is InChI=1S/C17H27NO/c1-14-5-7-16(8-6-14)17(19)4-3-11-18-12-9-15(2)10-13-18/h5-8,15,17,19H,3-4,9-13H2,1-2H3. The summed E-state index contributed by atoms with van der Waals surface area (Å²) in [7, 11) is 0. The summed E-state index contributed by atoms with van der Waals surface area (Å²) in [5.41, 5.74) is 2.30. The molecule has 0 radical (unpaired) electrons. The number of benzene rings is 1. The Balaban J connectivity index is 1.69. The third-order valence-corrected chi connectivity index (χ3v) is 4.29. The molecule has 1 aliphatic heterocycles. The molecule has 0 bridgehead atoms. The van der Waals surface area contributed by atoms with Gasteiger partial charge in [-0.15, -0.1) is 0 Å². The Bertz CT molecular complexity index is 365.